The van der Waals surface area contributed by atoms with E-state index >= 15 is 0 Å². The molecule has 1 aromatic carbocycles. The second-order valence-corrected chi connectivity index (χ2v) is 14.4. The average molecular weight is 725 g/mol. The number of pyridine rings is 1. The molecular formula is C35H42F2N8O7. The van der Waals surface area contributed by atoms with E-state index in [0.29, 0.717) is 46.9 Å². The van der Waals surface area contributed by atoms with Crippen LogP contribution in [0.25, 0.3) is 22.4 Å². The third kappa shape index (κ3) is 8.81. The minimum absolute atomic E-state index is 0.0147. The van der Waals surface area contributed by atoms with Crippen molar-refractivity contribution in [2.24, 2.45) is 5.92 Å². The summed E-state index contributed by atoms with van der Waals surface area (Å²) < 4.78 is 46.5. The molecule has 52 heavy (non-hydrogen) atoms. The van der Waals surface area contributed by atoms with E-state index < -0.39 is 53.9 Å². The van der Waals surface area contributed by atoms with Crippen LogP contribution in [0.2, 0.25) is 0 Å². The van der Waals surface area contributed by atoms with Crippen molar-refractivity contribution in [1.82, 2.24) is 29.8 Å². The number of fused-ring (bicyclic) bond motifs is 1. The number of carbonyl (C=O) groups excluding carboxylic acids is 2. The number of hydrogen-bond donors (Lipinski definition) is 2. The molecule has 2 atom stereocenters. The minimum Gasteiger partial charge on any atom is -0.494 e. The molecule has 3 amide bonds. The molecule has 4 aromatic rings. The van der Waals surface area contributed by atoms with Gasteiger partial charge in [0.15, 0.2) is 28.5 Å². The van der Waals surface area contributed by atoms with E-state index in [1.807, 2.05) is 4.90 Å². The SMILES string of the molecule is COc1ccc(-c2cc(Cn3cnc4c(N(C(=O)O)C(=O)OC(C)(C)C)ncnc43)c(N3C[C@H](CF)C[C@@H](NC(=O)OC(C)(C)C)C3)cn2)cc1F. The Kier molecular flexibility index (Phi) is 10.8. The lowest BCUT2D eigenvalue weighted by molar-refractivity contribution is 0.0490. The van der Waals surface area contributed by atoms with Gasteiger partial charge in [0.2, 0.25) is 0 Å². The zero-order chi connectivity index (χ0) is 38.0. The van der Waals surface area contributed by atoms with E-state index in [9.17, 15) is 28.3 Å². The first-order valence-corrected chi connectivity index (χ1v) is 16.5. The summed E-state index contributed by atoms with van der Waals surface area (Å²) >= 11 is 0. The summed E-state index contributed by atoms with van der Waals surface area (Å²) in [4.78, 5) is 57.6. The Morgan fingerprint density at radius 3 is 2.38 bits per heavy atom. The van der Waals surface area contributed by atoms with E-state index in [1.165, 1.54) is 25.6 Å². The van der Waals surface area contributed by atoms with E-state index in [4.69, 9.17) is 14.2 Å². The molecule has 0 radical (unpaired) electrons. The van der Waals surface area contributed by atoms with Gasteiger partial charge in [-0.3, -0.25) is 9.37 Å². The Bertz CT molecular complexity index is 1960. The lowest BCUT2D eigenvalue weighted by atomic mass is 9.94. The number of imidazole rings is 1. The molecule has 0 aliphatic carbocycles. The quantitative estimate of drug-likeness (QED) is 0.211. The molecule has 1 aliphatic heterocycles. The largest absolute Gasteiger partial charge is 0.494 e. The molecule has 3 aromatic heterocycles. The number of halogens is 2. The highest BCUT2D eigenvalue weighted by Crippen LogP contribution is 2.33. The van der Waals surface area contributed by atoms with Gasteiger partial charge in [-0.05, 0) is 77.8 Å². The number of benzene rings is 1. The molecule has 17 heteroatoms. The fourth-order valence-electron chi connectivity index (χ4n) is 5.87. The molecule has 0 unspecified atom stereocenters. The van der Waals surface area contributed by atoms with E-state index in [0.717, 1.165) is 6.33 Å². The Labute approximate surface area is 298 Å². The Balaban J connectivity index is 1.56. The fourth-order valence-corrected chi connectivity index (χ4v) is 5.87. The van der Waals surface area contributed by atoms with Crippen LogP contribution in [0.5, 0.6) is 5.75 Å². The maximum absolute atomic E-state index is 14.8. The van der Waals surface area contributed by atoms with Crippen molar-refractivity contribution in [3.63, 3.8) is 0 Å². The summed E-state index contributed by atoms with van der Waals surface area (Å²) in [5, 5.41) is 12.8. The van der Waals surface area contributed by atoms with Gasteiger partial charge >= 0.3 is 18.3 Å². The molecule has 1 fully saturated rings. The van der Waals surface area contributed by atoms with Crippen LogP contribution in [0, 0.1) is 11.7 Å². The molecule has 1 saturated heterocycles. The van der Waals surface area contributed by atoms with E-state index in [1.54, 1.807) is 64.4 Å². The highest BCUT2D eigenvalue weighted by molar-refractivity contribution is 6.11. The third-order valence-corrected chi connectivity index (χ3v) is 7.93. The van der Waals surface area contributed by atoms with Gasteiger partial charge in [0.1, 0.15) is 17.5 Å². The van der Waals surface area contributed by atoms with Crippen LogP contribution in [0.3, 0.4) is 0 Å². The predicted octanol–water partition coefficient (Wildman–Crippen LogP) is 6.19. The zero-order valence-corrected chi connectivity index (χ0v) is 30.0. The number of alkyl halides is 1. The van der Waals surface area contributed by atoms with Crippen molar-refractivity contribution in [3.05, 3.63) is 54.5 Å². The molecule has 15 nitrogen and oxygen atoms in total. The normalized spacial score (nSPS) is 16.4. The van der Waals surface area contributed by atoms with E-state index in [2.05, 4.69) is 25.3 Å². The fraction of sp³-hybridized carbons (Fsp3) is 0.457. The number of alkyl carbamates (subject to hydrolysis) is 1. The number of imide groups is 1. The number of ether oxygens (including phenoxy) is 3. The first-order chi connectivity index (χ1) is 24.5. The van der Waals surface area contributed by atoms with Gasteiger partial charge in [0.05, 0.1) is 50.3 Å². The standard InChI is InChI=1S/C35H42F2N8O7/c1-34(2,3)51-31(46)42-23-10-20(13-36)15-43(17-23)26-14-38-25(21-8-9-27(50-7)24(37)11-21)12-22(26)16-44-19-41-28-29(44)39-18-40-30(28)45(32(47)48)33(49)52-35(4,5)6/h8-9,11-12,14,18-20,23H,10,13,15-17H2,1-7H3,(H,42,46)(H,47,48)/t20-,23+/m0/s1. The number of rotatable bonds is 8. The van der Waals surface area contributed by atoms with Gasteiger partial charge in [0.25, 0.3) is 0 Å². The van der Waals surface area contributed by atoms with Crippen molar-refractivity contribution < 1.29 is 42.5 Å². The molecule has 0 bridgehead atoms. The smallest absolute Gasteiger partial charge is 0.425 e. The van der Waals surface area contributed by atoms with Crippen molar-refractivity contribution in [2.45, 2.75) is 71.8 Å². The van der Waals surface area contributed by atoms with Crippen LogP contribution in [-0.4, -0.2) is 92.0 Å². The molecule has 0 saturated carbocycles. The third-order valence-electron chi connectivity index (χ3n) is 7.93. The number of hydrogen-bond acceptors (Lipinski definition) is 11. The van der Waals surface area contributed by atoms with Crippen molar-refractivity contribution in [2.75, 3.05) is 36.7 Å². The Morgan fingerprint density at radius 1 is 1.02 bits per heavy atom. The van der Waals surface area contributed by atoms with Gasteiger partial charge in [-0.2, -0.15) is 4.90 Å². The van der Waals surface area contributed by atoms with Gasteiger partial charge in [-0.25, -0.2) is 33.7 Å². The van der Waals surface area contributed by atoms with Crippen LogP contribution < -0.4 is 19.9 Å². The van der Waals surface area contributed by atoms with Gasteiger partial charge in [0, 0.05) is 24.6 Å². The summed E-state index contributed by atoms with van der Waals surface area (Å²) in [7, 11) is 1.37. The molecule has 2 N–H and O–H groups in total. The van der Waals surface area contributed by atoms with Gasteiger partial charge in [-0.15, -0.1) is 0 Å². The first kappa shape index (κ1) is 37.6. The van der Waals surface area contributed by atoms with Crippen LogP contribution >= 0.6 is 0 Å². The number of nitrogens with zero attached hydrogens (tertiary/aromatic N) is 7. The van der Waals surface area contributed by atoms with Gasteiger partial charge < -0.3 is 34.1 Å². The minimum atomic E-state index is -1.63. The lowest BCUT2D eigenvalue weighted by Gasteiger charge is -2.39. The number of amides is 3. The monoisotopic (exact) mass is 724 g/mol. The Hall–Kier alpha value is -5.61. The summed E-state index contributed by atoms with van der Waals surface area (Å²) in [6.07, 6.45) is 1.12. The number of carbonyl (C=O) groups is 3. The van der Waals surface area contributed by atoms with E-state index in [-0.39, 0.29) is 29.3 Å². The molecule has 0 spiro atoms. The van der Waals surface area contributed by atoms with Crippen LogP contribution in [-0.2, 0) is 16.0 Å². The number of aromatic nitrogens is 5. The lowest BCUT2D eigenvalue weighted by Crippen LogP contribution is -2.52. The van der Waals surface area contributed by atoms with Gasteiger partial charge in [-0.1, -0.05) is 0 Å². The van der Waals surface area contributed by atoms with Crippen molar-refractivity contribution in [3.8, 4) is 17.0 Å². The van der Waals surface area contributed by atoms with Crippen molar-refractivity contribution in [1.29, 1.82) is 0 Å². The zero-order valence-electron chi connectivity index (χ0n) is 30.0. The predicted molar refractivity (Wildman–Crippen MR) is 187 cm³/mol. The number of methoxy groups -OCH3 is 1. The topological polar surface area (TPSA) is 174 Å². The summed E-state index contributed by atoms with van der Waals surface area (Å²) in [5.74, 6) is -1.23. The van der Waals surface area contributed by atoms with Crippen LogP contribution in [0.15, 0.2) is 43.1 Å². The average Bonchev–Trinajstić information content (AvgIpc) is 3.46. The first-order valence-electron chi connectivity index (χ1n) is 16.5. The Morgan fingerprint density at radius 2 is 1.75 bits per heavy atom. The molecule has 278 valence electrons. The second kappa shape index (κ2) is 14.9. The number of anilines is 2. The number of carboxylic acid groups (broad SMARTS) is 1. The highest BCUT2D eigenvalue weighted by atomic mass is 19.1. The number of nitrogens with one attached hydrogen (secondary N) is 1. The highest BCUT2D eigenvalue weighted by Gasteiger charge is 2.34. The maximum Gasteiger partial charge on any atom is 0.425 e. The molecular weight excluding hydrogens is 682 g/mol. The molecule has 4 heterocycles. The summed E-state index contributed by atoms with van der Waals surface area (Å²) in [6, 6.07) is 5.76. The summed E-state index contributed by atoms with van der Waals surface area (Å²) in [6.45, 7) is 10.1. The molecule has 1 aliphatic rings. The van der Waals surface area contributed by atoms with Crippen LogP contribution in [0.1, 0.15) is 53.5 Å². The van der Waals surface area contributed by atoms with Crippen molar-refractivity contribution >= 4 is 40.9 Å². The molecule has 5 rings (SSSR count). The number of piperidine rings is 1. The van der Waals surface area contributed by atoms with Crippen LogP contribution in [0.4, 0.5) is 34.7 Å². The maximum atomic E-state index is 14.8. The second-order valence-electron chi connectivity index (χ2n) is 14.4. The summed E-state index contributed by atoms with van der Waals surface area (Å²) in [5.41, 5.74) is 0.620.